The lowest BCUT2D eigenvalue weighted by atomic mass is 9.79. The second-order valence-corrected chi connectivity index (χ2v) is 4.77. The third-order valence-corrected chi connectivity index (χ3v) is 4.55. The molecule has 0 radical (unpaired) electrons. The molecule has 3 heteroatoms. The van der Waals surface area contributed by atoms with E-state index in [4.69, 9.17) is 11.5 Å². The summed E-state index contributed by atoms with van der Waals surface area (Å²) in [4.78, 5) is 11.3. The summed E-state index contributed by atoms with van der Waals surface area (Å²) in [6.45, 7) is 0. The van der Waals surface area contributed by atoms with E-state index in [0.29, 0.717) is 11.8 Å². The molecule has 5 atom stereocenters. The van der Waals surface area contributed by atoms with Crippen molar-refractivity contribution in [1.29, 1.82) is 0 Å². The van der Waals surface area contributed by atoms with Crippen LogP contribution in [-0.2, 0) is 4.79 Å². The Morgan fingerprint density at radius 2 is 2.17 bits per heavy atom. The molecule has 4 aliphatic rings. The van der Waals surface area contributed by atoms with Crippen LogP contribution < -0.4 is 11.5 Å². The smallest absolute Gasteiger partial charge is 0.224 e. The Hall–Kier alpha value is -0.570. The minimum atomic E-state index is -0.172. The van der Waals surface area contributed by atoms with Crippen LogP contribution in [0.3, 0.4) is 0 Å². The van der Waals surface area contributed by atoms with E-state index in [9.17, 15) is 4.79 Å². The number of carbonyl (C=O) groups excluding carboxylic acids is 1. The number of carbonyl (C=O) groups is 1. The topological polar surface area (TPSA) is 69.1 Å². The highest BCUT2D eigenvalue weighted by molar-refractivity contribution is 5.83. The number of amides is 1. The molecule has 4 fully saturated rings. The van der Waals surface area contributed by atoms with Gasteiger partial charge in [0.05, 0.1) is 5.41 Å². The second-order valence-electron chi connectivity index (χ2n) is 4.77. The van der Waals surface area contributed by atoms with E-state index < -0.39 is 0 Å². The molecule has 0 aliphatic heterocycles. The monoisotopic (exact) mass is 166 g/mol. The molecule has 5 unspecified atom stereocenters. The van der Waals surface area contributed by atoms with Crippen LogP contribution in [0.5, 0.6) is 0 Å². The summed E-state index contributed by atoms with van der Waals surface area (Å²) in [6.07, 6.45) is 3.18. The molecule has 4 saturated carbocycles. The first-order valence-corrected chi connectivity index (χ1v) is 4.70. The van der Waals surface area contributed by atoms with Gasteiger partial charge in [0, 0.05) is 6.04 Å². The van der Waals surface area contributed by atoms with Gasteiger partial charge in [-0.2, -0.15) is 0 Å². The predicted molar refractivity (Wildman–Crippen MR) is 43.9 cm³/mol. The fourth-order valence-corrected chi connectivity index (χ4v) is 4.06. The van der Waals surface area contributed by atoms with E-state index in [1.54, 1.807) is 0 Å². The molecule has 0 spiro atoms. The van der Waals surface area contributed by atoms with E-state index in [1.807, 2.05) is 0 Å². The lowest BCUT2D eigenvalue weighted by molar-refractivity contribution is -0.128. The Kier molecular flexibility index (Phi) is 0.971. The molecule has 0 saturated heterocycles. The van der Waals surface area contributed by atoms with Crippen molar-refractivity contribution >= 4 is 5.91 Å². The Labute approximate surface area is 71.5 Å². The predicted octanol–water partition coefficient (Wildman–Crippen LogP) is -0.155. The van der Waals surface area contributed by atoms with Gasteiger partial charge in [-0.25, -0.2) is 0 Å². The molecular weight excluding hydrogens is 152 g/mol. The normalized spacial score (nSPS) is 60.1. The highest BCUT2D eigenvalue weighted by Gasteiger charge is 2.69. The molecule has 12 heavy (non-hydrogen) atoms. The summed E-state index contributed by atoms with van der Waals surface area (Å²) in [5, 5.41) is 0. The average Bonchev–Trinajstić information content (AvgIpc) is 2.65. The Morgan fingerprint density at radius 1 is 1.42 bits per heavy atom. The number of primary amides is 1. The minimum absolute atomic E-state index is 0.0922. The van der Waals surface area contributed by atoms with Gasteiger partial charge >= 0.3 is 0 Å². The van der Waals surface area contributed by atoms with Gasteiger partial charge in [0.25, 0.3) is 0 Å². The van der Waals surface area contributed by atoms with Crippen molar-refractivity contribution in [3.05, 3.63) is 0 Å². The molecular formula is C9H14N2O. The fraction of sp³-hybridized carbons (Fsp3) is 0.889. The number of hydrogen-bond acceptors (Lipinski definition) is 2. The first-order valence-electron chi connectivity index (χ1n) is 4.70. The van der Waals surface area contributed by atoms with Crippen molar-refractivity contribution in [2.45, 2.75) is 25.3 Å². The maximum atomic E-state index is 11.3. The number of nitrogens with two attached hydrogens (primary N) is 2. The molecule has 0 aromatic heterocycles. The highest BCUT2D eigenvalue weighted by Crippen LogP contribution is 2.69. The van der Waals surface area contributed by atoms with Gasteiger partial charge in [0.2, 0.25) is 5.91 Å². The first-order chi connectivity index (χ1) is 5.65. The zero-order chi connectivity index (χ0) is 8.51. The second kappa shape index (κ2) is 1.69. The van der Waals surface area contributed by atoms with Crippen LogP contribution in [0.1, 0.15) is 19.3 Å². The zero-order valence-corrected chi connectivity index (χ0v) is 6.99. The van der Waals surface area contributed by atoms with Gasteiger partial charge in [-0.05, 0) is 37.0 Å². The van der Waals surface area contributed by atoms with E-state index in [2.05, 4.69) is 0 Å². The van der Waals surface area contributed by atoms with Gasteiger partial charge in [-0.15, -0.1) is 0 Å². The molecule has 4 aliphatic carbocycles. The fourth-order valence-electron chi connectivity index (χ4n) is 4.06. The standard InChI is InChI=1S/C9H14N2O/c10-7-5-3-9(8(11)12)2-4(5)1-6(7)9/h4-7H,1-3,10H2,(H2,11,12). The van der Waals surface area contributed by atoms with Crippen LogP contribution in [0, 0.1) is 23.2 Å². The SMILES string of the molecule is NC(=O)C12CC3CC1C(N)C3C2. The van der Waals surface area contributed by atoms with Crippen LogP contribution in [0.15, 0.2) is 0 Å². The van der Waals surface area contributed by atoms with E-state index in [1.165, 1.54) is 0 Å². The highest BCUT2D eigenvalue weighted by atomic mass is 16.1. The van der Waals surface area contributed by atoms with Crippen LogP contribution in [0.2, 0.25) is 0 Å². The van der Waals surface area contributed by atoms with Crippen LogP contribution in [-0.4, -0.2) is 11.9 Å². The Morgan fingerprint density at radius 3 is 2.42 bits per heavy atom. The summed E-state index contributed by atoms with van der Waals surface area (Å²) in [5.74, 6) is 1.66. The lowest BCUT2D eigenvalue weighted by Gasteiger charge is -2.26. The summed E-state index contributed by atoms with van der Waals surface area (Å²) in [5.41, 5.74) is 11.3. The molecule has 0 aromatic carbocycles. The number of hydrogen-bond donors (Lipinski definition) is 2. The first kappa shape index (κ1) is 6.89. The Balaban J connectivity index is 2.07. The maximum absolute atomic E-state index is 11.3. The average molecular weight is 166 g/mol. The largest absolute Gasteiger partial charge is 0.369 e. The molecule has 0 aromatic rings. The quantitative estimate of drug-likeness (QED) is 0.568. The molecule has 4 bridgehead atoms. The zero-order valence-electron chi connectivity index (χ0n) is 6.99. The van der Waals surface area contributed by atoms with Crippen LogP contribution in [0.25, 0.3) is 0 Å². The van der Waals surface area contributed by atoms with Crippen molar-refractivity contribution in [3.8, 4) is 0 Å². The third kappa shape index (κ3) is 0.478. The van der Waals surface area contributed by atoms with Gasteiger partial charge in [0.1, 0.15) is 0 Å². The third-order valence-electron chi connectivity index (χ3n) is 4.55. The van der Waals surface area contributed by atoms with Crippen molar-refractivity contribution in [2.24, 2.45) is 34.6 Å². The van der Waals surface area contributed by atoms with Crippen LogP contribution in [0.4, 0.5) is 0 Å². The van der Waals surface area contributed by atoms with Crippen LogP contribution >= 0.6 is 0 Å². The molecule has 1 amide bonds. The minimum Gasteiger partial charge on any atom is -0.369 e. The van der Waals surface area contributed by atoms with Gasteiger partial charge in [0.15, 0.2) is 0 Å². The van der Waals surface area contributed by atoms with Crippen molar-refractivity contribution in [1.82, 2.24) is 0 Å². The molecule has 0 heterocycles. The van der Waals surface area contributed by atoms with E-state index >= 15 is 0 Å². The summed E-state index contributed by atoms with van der Waals surface area (Å²) in [7, 11) is 0. The number of rotatable bonds is 1. The van der Waals surface area contributed by atoms with Crippen molar-refractivity contribution in [2.75, 3.05) is 0 Å². The summed E-state index contributed by atoms with van der Waals surface area (Å²) in [6, 6.07) is 0.274. The molecule has 66 valence electrons. The van der Waals surface area contributed by atoms with Crippen molar-refractivity contribution in [3.63, 3.8) is 0 Å². The molecule has 3 nitrogen and oxygen atoms in total. The van der Waals surface area contributed by atoms with Gasteiger partial charge in [-0.3, -0.25) is 4.79 Å². The summed E-state index contributed by atoms with van der Waals surface area (Å²) >= 11 is 0. The molecule has 4 N–H and O–H groups in total. The maximum Gasteiger partial charge on any atom is 0.224 e. The van der Waals surface area contributed by atoms with E-state index in [0.717, 1.165) is 25.2 Å². The summed E-state index contributed by atoms with van der Waals surface area (Å²) < 4.78 is 0. The Bertz CT molecular complexity index is 263. The van der Waals surface area contributed by atoms with Crippen molar-refractivity contribution < 1.29 is 4.79 Å². The van der Waals surface area contributed by atoms with Gasteiger partial charge in [-0.1, -0.05) is 0 Å². The lowest BCUT2D eigenvalue weighted by Crippen LogP contribution is -2.41. The van der Waals surface area contributed by atoms with E-state index in [-0.39, 0.29) is 17.4 Å². The molecule has 4 rings (SSSR count). The van der Waals surface area contributed by atoms with Gasteiger partial charge < -0.3 is 11.5 Å².